The molecule has 1 amide bonds. The Morgan fingerprint density at radius 1 is 1.02 bits per heavy atom. The molecule has 2 unspecified atom stereocenters. The van der Waals surface area contributed by atoms with Crippen molar-refractivity contribution in [2.75, 3.05) is 63.3 Å². The molecule has 3 aromatic carbocycles. The molecule has 2 atom stereocenters. The van der Waals surface area contributed by atoms with Gasteiger partial charge < -0.3 is 33.7 Å². The molecular formula is C33H35Cl2N5O5. The van der Waals surface area contributed by atoms with E-state index in [1.165, 1.54) is 0 Å². The van der Waals surface area contributed by atoms with Gasteiger partial charge in [-0.05, 0) is 60.7 Å². The van der Waals surface area contributed by atoms with Crippen LogP contribution in [0.3, 0.4) is 0 Å². The molecular weight excluding hydrogens is 617 g/mol. The van der Waals surface area contributed by atoms with E-state index >= 15 is 0 Å². The molecule has 2 saturated heterocycles. The predicted molar refractivity (Wildman–Crippen MR) is 173 cm³/mol. The Labute approximate surface area is 272 Å². The standard InChI is InChI=1S/C33H35Cl2N5O5/c1-42-27-7-3-25(4-8-27)37-32(41)19-38-14-16-40(17-15-38)26-5-9-28(10-6-26)43-20-29-21-44-33(45-29,22-39-13-12-36-23-39)30-11-2-24(34)18-31(30)35/h2-13,18,23,29H,14-17,19-22H2,1H3,(H,37,41). The molecule has 2 aliphatic heterocycles. The summed E-state index contributed by atoms with van der Waals surface area (Å²) in [4.78, 5) is 21.2. The molecule has 0 radical (unpaired) electrons. The second-order valence-corrected chi connectivity index (χ2v) is 11.9. The minimum Gasteiger partial charge on any atom is -0.497 e. The molecule has 2 fully saturated rings. The summed E-state index contributed by atoms with van der Waals surface area (Å²) in [6, 6.07) is 20.7. The lowest BCUT2D eigenvalue weighted by atomic mass is 10.1. The van der Waals surface area contributed by atoms with E-state index in [-0.39, 0.29) is 12.0 Å². The number of hydrogen-bond acceptors (Lipinski definition) is 8. The summed E-state index contributed by atoms with van der Waals surface area (Å²) < 4.78 is 25.9. The van der Waals surface area contributed by atoms with E-state index < -0.39 is 5.79 Å². The highest BCUT2D eigenvalue weighted by atomic mass is 35.5. The average Bonchev–Trinajstić information content (AvgIpc) is 3.71. The summed E-state index contributed by atoms with van der Waals surface area (Å²) in [5.41, 5.74) is 2.57. The monoisotopic (exact) mass is 651 g/mol. The number of amides is 1. The number of halogens is 2. The van der Waals surface area contributed by atoms with E-state index in [9.17, 15) is 4.79 Å². The molecule has 10 nitrogen and oxygen atoms in total. The van der Waals surface area contributed by atoms with Gasteiger partial charge in [-0.3, -0.25) is 9.69 Å². The summed E-state index contributed by atoms with van der Waals surface area (Å²) in [6.07, 6.45) is 4.96. The molecule has 0 aliphatic carbocycles. The van der Waals surface area contributed by atoms with Gasteiger partial charge >= 0.3 is 0 Å². The van der Waals surface area contributed by atoms with Crippen molar-refractivity contribution < 1.29 is 23.7 Å². The SMILES string of the molecule is COc1ccc(NC(=O)CN2CCN(c3ccc(OCC4COC(Cn5ccnc5)(c5ccc(Cl)cc5Cl)O4)cc3)CC2)cc1. The van der Waals surface area contributed by atoms with Crippen molar-refractivity contribution in [2.24, 2.45) is 0 Å². The van der Waals surface area contributed by atoms with Crippen LogP contribution in [0.2, 0.25) is 10.0 Å². The van der Waals surface area contributed by atoms with Gasteiger partial charge in [-0.1, -0.05) is 29.3 Å². The van der Waals surface area contributed by atoms with Crippen LogP contribution in [-0.4, -0.2) is 79.5 Å². The zero-order valence-corrected chi connectivity index (χ0v) is 26.4. The number of piperazine rings is 1. The topological polar surface area (TPSA) is 90.3 Å². The van der Waals surface area contributed by atoms with Crippen LogP contribution >= 0.6 is 23.2 Å². The van der Waals surface area contributed by atoms with Crippen LogP contribution in [-0.2, 0) is 26.6 Å². The van der Waals surface area contributed by atoms with Crippen molar-refractivity contribution in [3.63, 3.8) is 0 Å². The Morgan fingerprint density at radius 2 is 1.78 bits per heavy atom. The number of carbonyl (C=O) groups is 1. The number of imidazole rings is 1. The van der Waals surface area contributed by atoms with E-state index in [0.29, 0.717) is 41.9 Å². The fourth-order valence-corrected chi connectivity index (χ4v) is 6.11. The number of carbonyl (C=O) groups excluding carboxylic acids is 1. The Morgan fingerprint density at radius 3 is 2.47 bits per heavy atom. The molecule has 2 aliphatic rings. The van der Waals surface area contributed by atoms with Crippen molar-refractivity contribution in [1.82, 2.24) is 14.5 Å². The molecule has 4 aromatic rings. The number of rotatable bonds is 11. The van der Waals surface area contributed by atoms with E-state index in [4.69, 9.17) is 42.1 Å². The molecule has 3 heterocycles. The summed E-state index contributed by atoms with van der Waals surface area (Å²) in [6.45, 7) is 4.64. The normalized spacial score (nSPS) is 20.2. The van der Waals surface area contributed by atoms with E-state index in [1.54, 1.807) is 31.8 Å². The summed E-state index contributed by atoms with van der Waals surface area (Å²) in [7, 11) is 1.62. The first-order valence-electron chi connectivity index (χ1n) is 14.8. The highest BCUT2D eigenvalue weighted by Gasteiger charge is 2.45. The average molecular weight is 653 g/mol. The number of ether oxygens (including phenoxy) is 4. The fraction of sp³-hybridized carbons (Fsp3) is 0.333. The Hall–Kier alpha value is -3.80. The lowest BCUT2D eigenvalue weighted by Crippen LogP contribution is -2.48. The molecule has 0 bridgehead atoms. The maximum Gasteiger partial charge on any atom is 0.238 e. The Bertz CT molecular complexity index is 1560. The lowest BCUT2D eigenvalue weighted by molar-refractivity contribution is -0.189. The van der Waals surface area contributed by atoms with Gasteiger partial charge in [0.25, 0.3) is 0 Å². The van der Waals surface area contributed by atoms with Crippen LogP contribution in [0.5, 0.6) is 11.5 Å². The lowest BCUT2D eigenvalue weighted by Gasteiger charge is -2.35. The van der Waals surface area contributed by atoms with Crippen LogP contribution < -0.4 is 19.7 Å². The molecule has 0 spiro atoms. The van der Waals surface area contributed by atoms with Crippen LogP contribution in [0.15, 0.2) is 85.5 Å². The maximum absolute atomic E-state index is 12.5. The highest BCUT2D eigenvalue weighted by Crippen LogP contribution is 2.40. The van der Waals surface area contributed by atoms with Crippen molar-refractivity contribution in [2.45, 2.75) is 18.4 Å². The summed E-state index contributed by atoms with van der Waals surface area (Å²) in [5.74, 6) is 0.374. The third-order valence-corrected chi connectivity index (χ3v) is 8.45. The number of nitrogens with zero attached hydrogens (tertiary/aromatic N) is 4. The van der Waals surface area contributed by atoms with Gasteiger partial charge in [-0.15, -0.1) is 0 Å². The van der Waals surface area contributed by atoms with Crippen molar-refractivity contribution in [3.05, 3.63) is 101 Å². The van der Waals surface area contributed by atoms with Gasteiger partial charge in [0.05, 0.1) is 38.2 Å². The van der Waals surface area contributed by atoms with Gasteiger partial charge in [0.15, 0.2) is 0 Å². The second-order valence-electron chi connectivity index (χ2n) is 11.0. The number of hydrogen-bond donors (Lipinski definition) is 1. The van der Waals surface area contributed by atoms with Gasteiger partial charge in [0, 0.05) is 60.5 Å². The Kier molecular flexibility index (Phi) is 9.77. The molecule has 12 heteroatoms. The van der Waals surface area contributed by atoms with Crippen LogP contribution in [0.1, 0.15) is 5.56 Å². The first-order valence-corrected chi connectivity index (χ1v) is 15.5. The van der Waals surface area contributed by atoms with E-state index in [2.05, 4.69) is 32.2 Å². The smallest absolute Gasteiger partial charge is 0.238 e. The third-order valence-electron chi connectivity index (χ3n) is 7.90. The fourth-order valence-electron chi connectivity index (χ4n) is 5.56. The van der Waals surface area contributed by atoms with Gasteiger partial charge in [0.2, 0.25) is 11.7 Å². The van der Waals surface area contributed by atoms with E-state index in [0.717, 1.165) is 49.1 Å². The maximum atomic E-state index is 12.5. The molecule has 236 valence electrons. The molecule has 1 N–H and O–H groups in total. The van der Waals surface area contributed by atoms with Crippen molar-refractivity contribution >= 4 is 40.5 Å². The Balaban J connectivity index is 0.985. The zero-order chi connectivity index (χ0) is 31.2. The number of nitrogens with one attached hydrogen (secondary N) is 1. The first-order chi connectivity index (χ1) is 21.9. The third kappa shape index (κ3) is 7.71. The zero-order valence-electron chi connectivity index (χ0n) is 24.9. The van der Waals surface area contributed by atoms with Crippen LogP contribution in [0, 0.1) is 0 Å². The minimum atomic E-state index is -1.10. The number of methoxy groups -OCH3 is 1. The van der Waals surface area contributed by atoms with Crippen LogP contribution in [0.4, 0.5) is 11.4 Å². The molecule has 45 heavy (non-hydrogen) atoms. The van der Waals surface area contributed by atoms with Crippen molar-refractivity contribution in [3.8, 4) is 11.5 Å². The predicted octanol–water partition coefficient (Wildman–Crippen LogP) is 5.31. The minimum absolute atomic E-state index is 0.0259. The first kappa shape index (κ1) is 31.2. The van der Waals surface area contributed by atoms with Gasteiger partial charge in [0.1, 0.15) is 24.2 Å². The summed E-state index contributed by atoms with van der Waals surface area (Å²) >= 11 is 12.7. The quantitative estimate of drug-likeness (QED) is 0.234. The van der Waals surface area contributed by atoms with Gasteiger partial charge in [-0.25, -0.2) is 4.98 Å². The number of anilines is 2. The largest absolute Gasteiger partial charge is 0.497 e. The van der Waals surface area contributed by atoms with Crippen LogP contribution in [0.25, 0.3) is 0 Å². The second kappa shape index (κ2) is 14.1. The number of aromatic nitrogens is 2. The molecule has 0 saturated carbocycles. The molecule has 1 aromatic heterocycles. The van der Waals surface area contributed by atoms with Gasteiger partial charge in [-0.2, -0.15) is 0 Å². The molecule has 6 rings (SSSR count). The highest BCUT2D eigenvalue weighted by molar-refractivity contribution is 6.35. The van der Waals surface area contributed by atoms with Crippen molar-refractivity contribution in [1.29, 1.82) is 0 Å². The number of benzene rings is 3. The summed E-state index contributed by atoms with van der Waals surface area (Å²) in [5, 5.41) is 3.96. The van der Waals surface area contributed by atoms with E-state index in [1.807, 2.05) is 53.2 Å².